The van der Waals surface area contributed by atoms with Gasteiger partial charge in [-0.25, -0.2) is 14.8 Å². The molecule has 1 atom stereocenters. The van der Waals surface area contributed by atoms with Gasteiger partial charge in [-0.15, -0.1) is 0 Å². The predicted molar refractivity (Wildman–Crippen MR) is 58.2 cm³/mol. The number of aliphatic carboxylic acids is 1. The monoisotopic (exact) mass is 253 g/mol. The fourth-order valence-corrected chi connectivity index (χ4v) is 1.17. The Morgan fingerprint density at radius 3 is 2.22 bits per heavy atom. The molecular formula is C10H11N3O5. The number of aromatic nitrogens is 2. The largest absolute Gasteiger partial charge is 0.481 e. The van der Waals surface area contributed by atoms with Gasteiger partial charge in [0, 0.05) is 6.04 Å². The molecule has 0 saturated carbocycles. The lowest BCUT2D eigenvalue weighted by molar-refractivity contribution is -0.137. The van der Waals surface area contributed by atoms with E-state index in [1.54, 1.807) is 0 Å². The van der Waals surface area contributed by atoms with Gasteiger partial charge in [0.05, 0.1) is 18.8 Å². The molecule has 1 rings (SSSR count). The second-order valence-electron chi connectivity index (χ2n) is 3.56. The molecule has 0 aliphatic carbocycles. The van der Waals surface area contributed by atoms with Crippen LogP contribution in [-0.4, -0.2) is 44.1 Å². The zero-order valence-electron chi connectivity index (χ0n) is 9.45. The second-order valence-corrected chi connectivity index (χ2v) is 3.56. The van der Waals surface area contributed by atoms with Gasteiger partial charge >= 0.3 is 11.9 Å². The van der Waals surface area contributed by atoms with Crippen LogP contribution < -0.4 is 5.32 Å². The van der Waals surface area contributed by atoms with E-state index in [-0.39, 0.29) is 17.8 Å². The third-order valence-corrected chi connectivity index (χ3v) is 1.96. The normalized spacial score (nSPS) is 11.6. The van der Waals surface area contributed by atoms with Crippen molar-refractivity contribution < 1.29 is 24.6 Å². The van der Waals surface area contributed by atoms with Crippen LogP contribution in [0.1, 0.15) is 34.3 Å². The number of nitrogens with one attached hydrogen (secondary N) is 1. The summed E-state index contributed by atoms with van der Waals surface area (Å²) in [6.45, 7) is 1.53. The SMILES string of the molecule is CC(CC(=O)O)NC(=O)c1cnc(C(=O)O)cn1. The molecule has 3 N–H and O–H groups in total. The Kier molecular flexibility index (Phi) is 4.30. The molecule has 1 unspecified atom stereocenters. The fourth-order valence-electron chi connectivity index (χ4n) is 1.17. The summed E-state index contributed by atoms with van der Waals surface area (Å²) in [4.78, 5) is 39.6. The zero-order chi connectivity index (χ0) is 13.7. The summed E-state index contributed by atoms with van der Waals surface area (Å²) < 4.78 is 0. The van der Waals surface area contributed by atoms with Crippen LogP contribution >= 0.6 is 0 Å². The number of carboxylic acid groups (broad SMARTS) is 2. The Balaban J connectivity index is 2.67. The maximum atomic E-state index is 11.6. The molecule has 18 heavy (non-hydrogen) atoms. The van der Waals surface area contributed by atoms with Crippen molar-refractivity contribution in [3.05, 3.63) is 23.8 Å². The third kappa shape index (κ3) is 3.81. The number of nitrogens with zero attached hydrogens (tertiary/aromatic N) is 2. The summed E-state index contributed by atoms with van der Waals surface area (Å²) in [5.41, 5.74) is -0.345. The highest BCUT2D eigenvalue weighted by Crippen LogP contribution is 1.98. The lowest BCUT2D eigenvalue weighted by Crippen LogP contribution is -2.34. The van der Waals surface area contributed by atoms with Gasteiger partial charge < -0.3 is 15.5 Å². The summed E-state index contributed by atoms with van der Waals surface area (Å²) >= 11 is 0. The van der Waals surface area contributed by atoms with Crippen molar-refractivity contribution in [3.8, 4) is 0 Å². The van der Waals surface area contributed by atoms with E-state index in [9.17, 15) is 14.4 Å². The molecule has 1 heterocycles. The Morgan fingerprint density at radius 1 is 1.22 bits per heavy atom. The van der Waals surface area contributed by atoms with Crippen molar-refractivity contribution in [2.45, 2.75) is 19.4 Å². The van der Waals surface area contributed by atoms with Crippen molar-refractivity contribution in [2.75, 3.05) is 0 Å². The van der Waals surface area contributed by atoms with E-state index in [0.29, 0.717) is 0 Å². The van der Waals surface area contributed by atoms with Crippen LogP contribution in [0.5, 0.6) is 0 Å². The van der Waals surface area contributed by atoms with Crippen LogP contribution in [0.3, 0.4) is 0 Å². The number of hydrogen-bond acceptors (Lipinski definition) is 5. The molecule has 0 aliphatic heterocycles. The Bertz CT molecular complexity index is 471. The molecule has 0 bridgehead atoms. The summed E-state index contributed by atoms with van der Waals surface area (Å²) in [7, 11) is 0. The van der Waals surface area contributed by atoms with E-state index in [2.05, 4.69) is 15.3 Å². The van der Waals surface area contributed by atoms with Gasteiger partial charge in [-0.3, -0.25) is 9.59 Å². The molecule has 0 saturated heterocycles. The molecule has 1 amide bonds. The second kappa shape index (κ2) is 5.71. The first-order valence-electron chi connectivity index (χ1n) is 4.98. The first kappa shape index (κ1) is 13.6. The van der Waals surface area contributed by atoms with E-state index in [4.69, 9.17) is 10.2 Å². The minimum atomic E-state index is -1.24. The van der Waals surface area contributed by atoms with Crippen LogP contribution in [0.4, 0.5) is 0 Å². The summed E-state index contributed by atoms with van der Waals surface area (Å²) in [6.07, 6.45) is 1.76. The van der Waals surface area contributed by atoms with Gasteiger partial charge in [-0.05, 0) is 6.92 Å². The number of carbonyl (C=O) groups is 3. The number of rotatable bonds is 5. The maximum absolute atomic E-state index is 11.6. The highest BCUT2D eigenvalue weighted by Gasteiger charge is 2.14. The number of carbonyl (C=O) groups excluding carboxylic acids is 1. The summed E-state index contributed by atoms with van der Waals surface area (Å²) in [5.74, 6) is -2.88. The van der Waals surface area contributed by atoms with Crippen LogP contribution in [0.25, 0.3) is 0 Å². The minimum absolute atomic E-state index is 0.0720. The molecule has 0 aliphatic rings. The number of amides is 1. The van der Waals surface area contributed by atoms with E-state index in [1.165, 1.54) is 6.92 Å². The smallest absolute Gasteiger partial charge is 0.356 e. The predicted octanol–water partition coefficient (Wildman–Crippen LogP) is -0.232. The third-order valence-electron chi connectivity index (χ3n) is 1.96. The quantitative estimate of drug-likeness (QED) is 0.660. The molecule has 0 radical (unpaired) electrons. The molecule has 0 fully saturated rings. The Morgan fingerprint density at radius 2 is 1.78 bits per heavy atom. The lowest BCUT2D eigenvalue weighted by Gasteiger charge is -2.10. The Hall–Kier alpha value is -2.51. The molecule has 1 aromatic heterocycles. The molecule has 8 heteroatoms. The van der Waals surface area contributed by atoms with Crippen molar-refractivity contribution in [1.29, 1.82) is 0 Å². The number of hydrogen-bond donors (Lipinski definition) is 3. The van der Waals surface area contributed by atoms with E-state index >= 15 is 0 Å². The molecule has 1 aromatic rings. The average molecular weight is 253 g/mol. The van der Waals surface area contributed by atoms with E-state index in [1.807, 2.05) is 0 Å². The average Bonchev–Trinajstić information content (AvgIpc) is 2.27. The molecule has 8 nitrogen and oxygen atoms in total. The van der Waals surface area contributed by atoms with Gasteiger partial charge in [-0.2, -0.15) is 0 Å². The Labute approximate surface area is 102 Å². The highest BCUT2D eigenvalue weighted by atomic mass is 16.4. The number of aromatic carboxylic acids is 1. The molecular weight excluding hydrogens is 242 g/mol. The lowest BCUT2D eigenvalue weighted by atomic mass is 10.2. The standard InChI is InChI=1S/C10H11N3O5/c1-5(2-8(14)15)13-9(16)6-3-12-7(4-11-6)10(17)18/h3-5H,2H2,1H3,(H,13,16)(H,14,15)(H,17,18). The van der Waals surface area contributed by atoms with Gasteiger partial charge in [0.25, 0.3) is 5.91 Å². The fraction of sp³-hybridized carbons (Fsp3) is 0.300. The zero-order valence-corrected chi connectivity index (χ0v) is 9.45. The number of carboxylic acids is 2. The van der Waals surface area contributed by atoms with Crippen molar-refractivity contribution >= 4 is 17.8 Å². The van der Waals surface area contributed by atoms with E-state index in [0.717, 1.165) is 12.4 Å². The molecule has 0 aromatic carbocycles. The van der Waals surface area contributed by atoms with Crippen LogP contribution in [-0.2, 0) is 4.79 Å². The molecule has 0 spiro atoms. The topological polar surface area (TPSA) is 129 Å². The van der Waals surface area contributed by atoms with Crippen molar-refractivity contribution in [1.82, 2.24) is 15.3 Å². The summed E-state index contributed by atoms with van der Waals surface area (Å²) in [5, 5.41) is 19.5. The maximum Gasteiger partial charge on any atom is 0.356 e. The van der Waals surface area contributed by atoms with Gasteiger partial charge in [0.2, 0.25) is 0 Å². The molecule has 96 valence electrons. The van der Waals surface area contributed by atoms with Crippen molar-refractivity contribution in [2.24, 2.45) is 0 Å². The first-order chi connectivity index (χ1) is 8.40. The van der Waals surface area contributed by atoms with Gasteiger partial charge in [-0.1, -0.05) is 0 Å². The van der Waals surface area contributed by atoms with Gasteiger partial charge in [0.1, 0.15) is 5.69 Å². The first-order valence-corrected chi connectivity index (χ1v) is 4.98. The van der Waals surface area contributed by atoms with Gasteiger partial charge in [0.15, 0.2) is 5.69 Å². The minimum Gasteiger partial charge on any atom is -0.481 e. The summed E-state index contributed by atoms with van der Waals surface area (Å²) in [6, 6.07) is -0.559. The van der Waals surface area contributed by atoms with Crippen LogP contribution in [0.15, 0.2) is 12.4 Å². The highest BCUT2D eigenvalue weighted by molar-refractivity contribution is 5.93. The van der Waals surface area contributed by atoms with Crippen LogP contribution in [0, 0.1) is 0 Å². The van der Waals surface area contributed by atoms with Crippen molar-refractivity contribution in [3.63, 3.8) is 0 Å². The van der Waals surface area contributed by atoms with E-state index < -0.39 is 23.9 Å². The van der Waals surface area contributed by atoms with Crippen LogP contribution in [0.2, 0.25) is 0 Å².